The van der Waals surface area contributed by atoms with Gasteiger partial charge in [0.2, 0.25) is 0 Å². The predicted molar refractivity (Wildman–Crippen MR) is 69.6 cm³/mol. The van der Waals surface area contributed by atoms with Crippen LogP contribution < -0.4 is 5.32 Å². The molecule has 0 aromatic carbocycles. The molecule has 16 heavy (non-hydrogen) atoms. The Bertz CT molecular complexity index is 197. The fourth-order valence-corrected chi connectivity index (χ4v) is 3.54. The Morgan fingerprint density at radius 1 is 1.12 bits per heavy atom. The van der Waals surface area contributed by atoms with E-state index in [-0.39, 0.29) is 0 Å². The van der Waals surface area contributed by atoms with E-state index in [1.165, 1.54) is 58.3 Å². The maximum Gasteiger partial charge on any atom is 0.0260 e. The van der Waals surface area contributed by atoms with Gasteiger partial charge in [0.1, 0.15) is 0 Å². The van der Waals surface area contributed by atoms with Crippen LogP contribution in [-0.4, -0.2) is 37.1 Å². The zero-order chi connectivity index (χ0) is 11.4. The molecule has 2 rings (SSSR count). The maximum absolute atomic E-state index is 3.57. The molecule has 2 aliphatic heterocycles. The molecule has 2 saturated heterocycles. The van der Waals surface area contributed by atoms with E-state index < -0.39 is 0 Å². The van der Waals surface area contributed by atoms with Gasteiger partial charge in [-0.25, -0.2) is 0 Å². The lowest BCUT2D eigenvalue weighted by atomic mass is 9.90. The third-order valence-electron chi connectivity index (χ3n) is 4.64. The first kappa shape index (κ1) is 12.4. The molecule has 0 amide bonds. The Hall–Kier alpha value is -0.0800. The molecule has 0 saturated carbocycles. The first-order valence-electron chi connectivity index (χ1n) is 7.29. The van der Waals surface area contributed by atoms with Crippen molar-refractivity contribution in [2.24, 2.45) is 11.8 Å². The highest BCUT2D eigenvalue weighted by Crippen LogP contribution is 2.27. The third-order valence-corrected chi connectivity index (χ3v) is 4.64. The second kappa shape index (κ2) is 6.02. The smallest absolute Gasteiger partial charge is 0.0260 e. The highest BCUT2D eigenvalue weighted by atomic mass is 15.2. The van der Waals surface area contributed by atoms with Gasteiger partial charge in [0.05, 0.1) is 0 Å². The van der Waals surface area contributed by atoms with E-state index in [2.05, 4.69) is 24.1 Å². The summed E-state index contributed by atoms with van der Waals surface area (Å²) < 4.78 is 0. The van der Waals surface area contributed by atoms with Gasteiger partial charge in [0, 0.05) is 12.6 Å². The molecule has 0 aromatic rings. The second-order valence-electron chi connectivity index (χ2n) is 5.66. The molecule has 2 unspecified atom stereocenters. The lowest BCUT2D eigenvalue weighted by Crippen LogP contribution is -2.45. The first-order chi connectivity index (χ1) is 7.85. The number of rotatable bonds is 4. The van der Waals surface area contributed by atoms with Crippen LogP contribution in [0.5, 0.6) is 0 Å². The fourth-order valence-electron chi connectivity index (χ4n) is 3.54. The van der Waals surface area contributed by atoms with Gasteiger partial charge < -0.3 is 5.32 Å². The normalized spacial score (nSPS) is 33.4. The Labute approximate surface area is 101 Å². The van der Waals surface area contributed by atoms with E-state index >= 15 is 0 Å². The lowest BCUT2D eigenvalue weighted by molar-refractivity contribution is 0.112. The van der Waals surface area contributed by atoms with Crippen molar-refractivity contribution in [1.29, 1.82) is 0 Å². The quantitative estimate of drug-likeness (QED) is 0.789. The van der Waals surface area contributed by atoms with E-state index in [9.17, 15) is 0 Å². The summed E-state index contributed by atoms with van der Waals surface area (Å²) in [5, 5.41) is 3.57. The van der Waals surface area contributed by atoms with E-state index in [1.807, 2.05) is 0 Å². The van der Waals surface area contributed by atoms with Crippen molar-refractivity contribution < 1.29 is 0 Å². The zero-order valence-corrected chi connectivity index (χ0v) is 11.0. The average molecular weight is 224 g/mol. The van der Waals surface area contributed by atoms with E-state index in [4.69, 9.17) is 0 Å². The number of nitrogens with one attached hydrogen (secondary N) is 1. The minimum absolute atomic E-state index is 0.840. The molecule has 2 atom stereocenters. The Morgan fingerprint density at radius 2 is 1.88 bits per heavy atom. The molecule has 94 valence electrons. The van der Waals surface area contributed by atoms with Gasteiger partial charge in [0.25, 0.3) is 0 Å². The van der Waals surface area contributed by atoms with Crippen molar-refractivity contribution in [3.05, 3.63) is 0 Å². The van der Waals surface area contributed by atoms with Crippen molar-refractivity contribution in [1.82, 2.24) is 10.2 Å². The van der Waals surface area contributed by atoms with Gasteiger partial charge in [-0.15, -0.1) is 0 Å². The highest BCUT2D eigenvalue weighted by Gasteiger charge is 2.32. The van der Waals surface area contributed by atoms with Crippen LogP contribution >= 0.6 is 0 Å². The largest absolute Gasteiger partial charge is 0.315 e. The molecule has 0 radical (unpaired) electrons. The average Bonchev–Trinajstić information content (AvgIpc) is 2.78. The van der Waals surface area contributed by atoms with Gasteiger partial charge in [-0.3, -0.25) is 4.90 Å². The summed E-state index contributed by atoms with van der Waals surface area (Å²) >= 11 is 0. The molecule has 0 bridgehead atoms. The van der Waals surface area contributed by atoms with Crippen LogP contribution in [0.4, 0.5) is 0 Å². The molecule has 2 aliphatic rings. The monoisotopic (exact) mass is 224 g/mol. The molecule has 2 heteroatoms. The van der Waals surface area contributed by atoms with Crippen LogP contribution in [0.2, 0.25) is 0 Å². The number of piperidine rings is 1. The zero-order valence-electron chi connectivity index (χ0n) is 11.0. The molecular weight excluding hydrogens is 196 g/mol. The summed E-state index contributed by atoms with van der Waals surface area (Å²) in [6.45, 7) is 9.85. The third kappa shape index (κ3) is 2.78. The molecule has 2 heterocycles. The molecule has 2 nitrogen and oxygen atoms in total. The molecule has 0 aliphatic carbocycles. The Kier molecular flexibility index (Phi) is 4.66. The van der Waals surface area contributed by atoms with Crippen molar-refractivity contribution >= 4 is 0 Å². The highest BCUT2D eigenvalue weighted by molar-refractivity contribution is 4.89. The standard InChI is InChI=1S/C14H28N2/c1-3-5-12-6-8-16(9-7-12)14-11-15-10-13(14)4-2/h12-15H,3-11H2,1-2H3. The molecule has 2 fully saturated rings. The summed E-state index contributed by atoms with van der Waals surface area (Å²) in [4.78, 5) is 2.76. The van der Waals surface area contributed by atoms with Crippen LogP contribution in [0.1, 0.15) is 46.0 Å². The lowest BCUT2D eigenvalue weighted by Gasteiger charge is -2.38. The van der Waals surface area contributed by atoms with Crippen LogP contribution in [0.3, 0.4) is 0 Å². The van der Waals surface area contributed by atoms with Gasteiger partial charge >= 0.3 is 0 Å². The Morgan fingerprint density at radius 3 is 2.50 bits per heavy atom. The van der Waals surface area contributed by atoms with Crippen molar-refractivity contribution in [2.75, 3.05) is 26.2 Å². The number of hydrogen-bond donors (Lipinski definition) is 1. The van der Waals surface area contributed by atoms with Crippen molar-refractivity contribution in [3.8, 4) is 0 Å². The molecule has 0 spiro atoms. The van der Waals surface area contributed by atoms with Crippen molar-refractivity contribution in [3.63, 3.8) is 0 Å². The molecule has 1 N–H and O–H groups in total. The Balaban J connectivity index is 1.79. The van der Waals surface area contributed by atoms with Gasteiger partial charge in [-0.2, -0.15) is 0 Å². The summed E-state index contributed by atoms with van der Waals surface area (Å²) in [6, 6.07) is 0.840. The SMILES string of the molecule is CCCC1CCN(C2CNCC2CC)CC1. The van der Waals surface area contributed by atoms with E-state index in [1.54, 1.807) is 0 Å². The summed E-state index contributed by atoms with van der Waals surface area (Å²) in [5.74, 6) is 1.93. The topological polar surface area (TPSA) is 15.3 Å². The number of hydrogen-bond acceptors (Lipinski definition) is 2. The van der Waals surface area contributed by atoms with Crippen LogP contribution in [-0.2, 0) is 0 Å². The summed E-state index contributed by atoms with van der Waals surface area (Å²) in [7, 11) is 0. The molecule has 0 aromatic heterocycles. The minimum atomic E-state index is 0.840. The van der Waals surface area contributed by atoms with Crippen molar-refractivity contribution in [2.45, 2.75) is 52.0 Å². The van der Waals surface area contributed by atoms with Gasteiger partial charge in [-0.1, -0.05) is 33.1 Å². The number of likely N-dealkylation sites (tertiary alicyclic amines) is 1. The van der Waals surface area contributed by atoms with Crippen LogP contribution in [0.25, 0.3) is 0 Å². The fraction of sp³-hybridized carbons (Fsp3) is 1.00. The maximum atomic E-state index is 3.57. The van der Waals surface area contributed by atoms with Crippen LogP contribution in [0.15, 0.2) is 0 Å². The summed E-state index contributed by atoms with van der Waals surface area (Å²) in [6.07, 6.45) is 7.05. The predicted octanol–water partition coefficient (Wildman–Crippen LogP) is 2.50. The molecular formula is C14H28N2. The van der Waals surface area contributed by atoms with Crippen LogP contribution in [0, 0.1) is 11.8 Å². The van der Waals surface area contributed by atoms with Gasteiger partial charge in [-0.05, 0) is 44.3 Å². The minimum Gasteiger partial charge on any atom is -0.315 e. The second-order valence-corrected chi connectivity index (χ2v) is 5.66. The number of nitrogens with zero attached hydrogens (tertiary/aromatic N) is 1. The van der Waals surface area contributed by atoms with Gasteiger partial charge in [0.15, 0.2) is 0 Å². The van der Waals surface area contributed by atoms with E-state index in [0.717, 1.165) is 17.9 Å². The van der Waals surface area contributed by atoms with E-state index in [0.29, 0.717) is 0 Å². The summed E-state index contributed by atoms with van der Waals surface area (Å²) in [5.41, 5.74) is 0. The first-order valence-corrected chi connectivity index (χ1v) is 7.29.